The molecule has 3 atom stereocenters. The Labute approximate surface area is 398 Å². The third-order valence-electron chi connectivity index (χ3n) is 12.7. The van der Waals surface area contributed by atoms with Crippen molar-refractivity contribution in [3.05, 3.63) is 110 Å². The maximum Gasteiger partial charge on any atom is 0.435 e. The normalized spacial score (nSPS) is 18.2. The number of aliphatic hydroxyl groups is 1. The minimum atomic E-state index is -5.13. The monoisotopic (exact) mass is 1020 g/mol. The van der Waals surface area contributed by atoms with Gasteiger partial charge in [0.25, 0.3) is 12.3 Å². The molecule has 2 saturated carbocycles. The van der Waals surface area contributed by atoms with E-state index in [1.54, 1.807) is 0 Å². The van der Waals surface area contributed by atoms with Crippen molar-refractivity contribution in [1.29, 1.82) is 0 Å². The van der Waals surface area contributed by atoms with Crippen LogP contribution in [0.15, 0.2) is 46.9 Å². The third kappa shape index (κ3) is 9.20. The van der Waals surface area contributed by atoms with Crippen molar-refractivity contribution in [1.82, 2.24) is 34.7 Å². The number of aromatic nitrogens is 7. The van der Waals surface area contributed by atoms with Gasteiger partial charge in [0.05, 0.1) is 33.6 Å². The fraction of sp³-hybridized carbons (Fsp3) is 0.447. The number of rotatable bonds is 15. The average molecular weight is 1020 g/mol. The summed E-state index contributed by atoms with van der Waals surface area (Å²) in [7, 11) is -3.76. The van der Waals surface area contributed by atoms with Crippen LogP contribution in [0, 0.1) is 29.4 Å². The highest BCUT2D eigenvalue weighted by molar-refractivity contribution is 7.93. The molecule has 6 aromatic rings. The van der Waals surface area contributed by atoms with E-state index >= 15 is 8.78 Å². The number of ketones is 1. The van der Waals surface area contributed by atoms with Crippen LogP contribution in [-0.4, -0.2) is 70.5 Å². The number of halogens is 10. The van der Waals surface area contributed by atoms with E-state index < -0.39 is 122 Å². The lowest BCUT2D eigenvalue weighted by atomic mass is 9.86. The van der Waals surface area contributed by atoms with Gasteiger partial charge in [-0.25, -0.2) is 31.0 Å². The molecule has 4 heterocycles. The van der Waals surface area contributed by atoms with E-state index in [4.69, 9.17) is 21.0 Å². The van der Waals surface area contributed by atoms with Gasteiger partial charge >= 0.3 is 6.18 Å². The summed E-state index contributed by atoms with van der Waals surface area (Å²) < 4.78 is 165. The van der Waals surface area contributed by atoms with Crippen LogP contribution in [0.1, 0.15) is 117 Å². The molecule has 0 unspecified atom stereocenters. The summed E-state index contributed by atoms with van der Waals surface area (Å²) in [4.78, 5) is 19.1. The molecular weight excluding hydrogens is 981 g/mol. The highest BCUT2D eigenvalue weighted by atomic mass is 35.5. The second-order valence-electron chi connectivity index (χ2n) is 19.0. The first-order valence-corrected chi connectivity index (χ1v) is 23.9. The predicted molar refractivity (Wildman–Crippen MR) is 234 cm³/mol. The summed E-state index contributed by atoms with van der Waals surface area (Å²) >= 11 is 6.80. The van der Waals surface area contributed by atoms with E-state index in [9.17, 15) is 49.1 Å². The number of alkyl halides is 7. The van der Waals surface area contributed by atoms with Crippen molar-refractivity contribution < 1.29 is 62.2 Å². The first-order chi connectivity index (χ1) is 32.6. The molecule has 370 valence electrons. The summed E-state index contributed by atoms with van der Waals surface area (Å²) in [6.07, 6.45) is -8.84. The second-order valence-corrected chi connectivity index (χ2v) is 22.2. The van der Waals surface area contributed by atoms with Gasteiger partial charge in [-0.3, -0.25) is 14.2 Å². The number of nitrogens with zero attached hydrogens (tertiary/aromatic N) is 7. The highest BCUT2D eigenvalue weighted by Crippen LogP contribution is 2.68. The Morgan fingerprint density at radius 2 is 1.67 bits per heavy atom. The summed E-state index contributed by atoms with van der Waals surface area (Å²) in [5, 5.41) is 25.7. The number of carbonyl (C=O) groups is 1. The van der Waals surface area contributed by atoms with Gasteiger partial charge in [-0.2, -0.15) is 32.1 Å². The molecule has 1 N–H and O–H groups in total. The van der Waals surface area contributed by atoms with Crippen molar-refractivity contribution in [3.8, 4) is 23.0 Å². The zero-order chi connectivity index (χ0) is 50.6. The van der Waals surface area contributed by atoms with E-state index in [-0.39, 0.29) is 74.3 Å². The number of Topliss-reactive ketones (excluding diaryl/α,β-unsaturated/α-hetero) is 1. The van der Waals surface area contributed by atoms with Gasteiger partial charge in [0.2, 0.25) is 11.8 Å². The molecule has 3 aliphatic carbocycles. The molecule has 12 nitrogen and oxygen atoms in total. The summed E-state index contributed by atoms with van der Waals surface area (Å²) in [6.45, 7) is 3.56. The molecule has 2 fully saturated rings. The van der Waals surface area contributed by atoms with E-state index in [1.807, 2.05) is 0 Å². The quantitative estimate of drug-likeness (QED) is 0.0776. The smallest absolute Gasteiger partial charge is 0.422 e. The number of hydrogen-bond acceptors (Lipinski definition) is 10. The van der Waals surface area contributed by atoms with Crippen LogP contribution in [0.25, 0.3) is 22.0 Å². The van der Waals surface area contributed by atoms with Gasteiger partial charge < -0.3 is 9.52 Å². The van der Waals surface area contributed by atoms with Crippen LogP contribution in [-0.2, 0) is 58.3 Å². The Hall–Kier alpha value is -5.79. The molecule has 3 aliphatic rings. The number of pyridine rings is 1. The Morgan fingerprint density at radius 1 is 0.986 bits per heavy atom. The molecule has 2 aromatic carbocycles. The van der Waals surface area contributed by atoms with E-state index in [0.717, 1.165) is 16.8 Å². The zero-order valence-corrected chi connectivity index (χ0v) is 39.1. The molecule has 4 aromatic heterocycles. The van der Waals surface area contributed by atoms with E-state index in [0.29, 0.717) is 23.6 Å². The van der Waals surface area contributed by atoms with Crippen LogP contribution in [0.5, 0.6) is 0 Å². The minimum absolute atomic E-state index is 0.00183. The predicted octanol–water partition coefficient (Wildman–Crippen LogP) is 9.61. The number of fused-ring (bicyclic) bond motifs is 4. The highest BCUT2D eigenvalue weighted by Gasteiger charge is 2.68. The Morgan fingerprint density at radius 3 is 2.30 bits per heavy atom. The van der Waals surface area contributed by atoms with Crippen LogP contribution in [0.4, 0.5) is 39.5 Å². The first-order valence-electron chi connectivity index (χ1n) is 22.0. The van der Waals surface area contributed by atoms with Crippen molar-refractivity contribution in [3.63, 3.8) is 0 Å². The molecule has 0 bridgehead atoms. The third-order valence-corrected chi connectivity index (χ3v) is 15.9. The summed E-state index contributed by atoms with van der Waals surface area (Å²) in [6, 6.07) is 8.20. The molecule has 0 amide bonds. The van der Waals surface area contributed by atoms with E-state index in [1.165, 1.54) is 52.0 Å². The molecule has 0 saturated heterocycles. The molecule has 23 heteroatoms. The van der Waals surface area contributed by atoms with Crippen LogP contribution < -0.4 is 0 Å². The molecular formula is C47H41ClF9N7O5S. The van der Waals surface area contributed by atoms with Gasteiger partial charge in [-0.05, 0) is 101 Å². The largest absolute Gasteiger partial charge is 0.435 e. The zero-order valence-electron chi connectivity index (χ0n) is 37.5. The molecule has 70 heavy (non-hydrogen) atoms. The van der Waals surface area contributed by atoms with Crippen molar-refractivity contribution in [2.45, 2.75) is 125 Å². The maximum atomic E-state index is 15.6. The van der Waals surface area contributed by atoms with Gasteiger partial charge in [0.15, 0.2) is 21.3 Å². The van der Waals surface area contributed by atoms with Gasteiger partial charge in [0.1, 0.15) is 46.5 Å². The molecule has 0 spiro atoms. The lowest BCUT2D eigenvalue weighted by Crippen LogP contribution is -2.33. The van der Waals surface area contributed by atoms with Crippen molar-refractivity contribution in [2.75, 3.05) is 0 Å². The molecule has 0 aliphatic heterocycles. The Bertz CT molecular complexity index is 3250. The van der Waals surface area contributed by atoms with Gasteiger partial charge in [-0.1, -0.05) is 23.6 Å². The van der Waals surface area contributed by atoms with E-state index in [2.05, 4.69) is 32.2 Å². The Kier molecular flexibility index (Phi) is 12.1. The minimum Gasteiger partial charge on any atom is -0.422 e. The van der Waals surface area contributed by atoms with Gasteiger partial charge in [0, 0.05) is 46.4 Å². The van der Waals surface area contributed by atoms with Gasteiger partial charge in [-0.15, -0.1) is 10.2 Å². The Balaban J connectivity index is 1.22. The summed E-state index contributed by atoms with van der Waals surface area (Å²) in [5.74, 6) is -5.22. The van der Waals surface area contributed by atoms with Crippen LogP contribution in [0.3, 0.4) is 0 Å². The topological polar surface area (TPSA) is 159 Å². The molecule has 9 rings (SSSR count). The average Bonchev–Trinajstić information content (AvgIpc) is 4.12. The van der Waals surface area contributed by atoms with Crippen LogP contribution >= 0.6 is 11.6 Å². The summed E-state index contributed by atoms with van der Waals surface area (Å²) in [5.41, 5.74) is -4.72. The standard InChI is InChI=1S/C47H41ClF9N7O5S/c1-44(2,70(67,68)28-6-7-28)12-11-26-5-8-29(30-9-10-33(48)38-34(61-63(40(30)38)21-35(51)52)19-36-59-60-43(69-36)45(3,4)66)39(58-26)23(13-22-14-24(49)17-25(50)15-22)16-27(65)20-64-42-37(41(62-64)47(55,56)57)31-18-32(31)46(42,53)54/h5,8-10,14-15,17,23,28,31-32,35,66H,6-7,13,16,18-21H2,1-4H3/t23-,31+,32-/m1/s1. The van der Waals surface area contributed by atoms with Crippen LogP contribution in [0.2, 0.25) is 5.02 Å². The number of hydrogen-bond donors (Lipinski definition) is 1. The number of carbonyl (C=O) groups excluding carboxylic acids is 1. The number of sulfone groups is 1. The lowest BCUT2D eigenvalue weighted by Gasteiger charge is -2.22. The fourth-order valence-corrected chi connectivity index (χ4v) is 11.3. The van der Waals surface area contributed by atoms with Crippen molar-refractivity contribution >= 4 is 38.1 Å². The SMILES string of the molecule is CC(C)(O)c1nnc(Cc2nn(CC(F)F)c3c(-c4ccc(C#CC(C)(C)S(=O)(=O)C5CC5)nc4[C@@H](CC(=O)Cn4nc(C(F)(F)F)c5c4C(F)(F)[C@@H]4C[C@H]54)Cc4cc(F)cc(F)c4)ccc(Cl)c23)o1. The molecule has 0 radical (unpaired) electrons. The number of benzene rings is 2. The maximum absolute atomic E-state index is 15.6. The fourth-order valence-electron chi connectivity index (χ4n) is 9.22. The van der Waals surface area contributed by atoms with Crippen molar-refractivity contribution in [2.24, 2.45) is 5.92 Å². The second kappa shape index (κ2) is 17.2. The first kappa shape index (κ1) is 49.2. The lowest BCUT2D eigenvalue weighted by molar-refractivity contribution is -0.142.